The highest BCUT2D eigenvalue weighted by atomic mass is 14.5. The molecule has 0 radical (unpaired) electrons. The molecule has 0 nitrogen and oxygen atoms in total. The Hall–Kier alpha value is 0. The van der Waals surface area contributed by atoms with Crippen LogP contribution in [-0.4, -0.2) is 0 Å². The van der Waals surface area contributed by atoms with Crippen molar-refractivity contribution in [1.82, 2.24) is 0 Å². The highest BCUT2D eigenvalue weighted by molar-refractivity contribution is 4.98. The number of hydrogen-bond acceptors (Lipinski definition) is 0. The van der Waals surface area contributed by atoms with E-state index >= 15 is 0 Å². The molecule has 2 atom stereocenters. The normalized spacial score (nSPS) is 43.8. The predicted octanol–water partition coefficient (Wildman–Crippen LogP) is 3.22. The second-order valence-corrected chi connectivity index (χ2v) is 4.67. The van der Waals surface area contributed by atoms with Crippen LogP contribution >= 0.6 is 0 Å². The molecule has 2 aliphatic carbocycles. The average molecular weight is 138 g/mol. The zero-order valence-electron chi connectivity index (χ0n) is 7.19. The van der Waals surface area contributed by atoms with Gasteiger partial charge in [-0.1, -0.05) is 26.7 Å². The first-order valence-corrected chi connectivity index (χ1v) is 4.72. The van der Waals surface area contributed by atoms with Crippen LogP contribution in [0, 0.1) is 17.3 Å². The van der Waals surface area contributed by atoms with Crippen LogP contribution in [0.4, 0.5) is 0 Å². The van der Waals surface area contributed by atoms with E-state index in [9.17, 15) is 0 Å². The lowest BCUT2D eigenvalue weighted by Gasteiger charge is -2.22. The summed E-state index contributed by atoms with van der Waals surface area (Å²) in [6, 6.07) is 0. The lowest BCUT2D eigenvalue weighted by molar-refractivity contribution is 0.273. The molecule has 0 aromatic rings. The monoisotopic (exact) mass is 138 g/mol. The SMILES string of the molecule is CC1CCCC1C1(C)CC1. The zero-order valence-corrected chi connectivity index (χ0v) is 7.19. The van der Waals surface area contributed by atoms with E-state index in [0.717, 1.165) is 17.3 Å². The Balaban J connectivity index is 2.03. The van der Waals surface area contributed by atoms with Crippen molar-refractivity contribution < 1.29 is 0 Å². The molecule has 0 N–H and O–H groups in total. The summed E-state index contributed by atoms with van der Waals surface area (Å²) in [7, 11) is 0. The van der Waals surface area contributed by atoms with E-state index in [1.165, 1.54) is 32.1 Å². The van der Waals surface area contributed by atoms with Crippen molar-refractivity contribution >= 4 is 0 Å². The van der Waals surface area contributed by atoms with Gasteiger partial charge in [-0.15, -0.1) is 0 Å². The molecule has 0 aromatic heterocycles. The lowest BCUT2D eigenvalue weighted by atomic mass is 9.83. The van der Waals surface area contributed by atoms with Crippen molar-refractivity contribution in [2.24, 2.45) is 17.3 Å². The highest BCUT2D eigenvalue weighted by Gasteiger charge is 2.47. The van der Waals surface area contributed by atoms with E-state index in [-0.39, 0.29) is 0 Å². The van der Waals surface area contributed by atoms with Gasteiger partial charge in [0, 0.05) is 0 Å². The molecule has 0 bridgehead atoms. The molecule has 0 aromatic carbocycles. The Morgan fingerprint density at radius 3 is 2.30 bits per heavy atom. The first-order valence-electron chi connectivity index (χ1n) is 4.72. The van der Waals surface area contributed by atoms with Crippen LogP contribution in [0.5, 0.6) is 0 Å². The minimum absolute atomic E-state index is 0.802. The minimum Gasteiger partial charge on any atom is -0.0622 e. The van der Waals surface area contributed by atoms with E-state index in [0.29, 0.717) is 0 Å². The van der Waals surface area contributed by atoms with E-state index in [2.05, 4.69) is 13.8 Å². The van der Waals surface area contributed by atoms with Gasteiger partial charge in [0.15, 0.2) is 0 Å². The molecule has 2 fully saturated rings. The van der Waals surface area contributed by atoms with E-state index in [1.807, 2.05) is 0 Å². The molecule has 2 aliphatic rings. The largest absolute Gasteiger partial charge is 0.0622 e. The van der Waals surface area contributed by atoms with Gasteiger partial charge in [0.25, 0.3) is 0 Å². The standard InChI is InChI=1S/C10H18/c1-8-4-3-5-9(8)10(2)6-7-10/h8-9H,3-7H2,1-2H3. The topological polar surface area (TPSA) is 0 Å². The van der Waals surface area contributed by atoms with Crippen LogP contribution in [-0.2, 0) is 0 Å². The molecule has 0 amide bonds. The molecular formula is C10H18. The van der Waals surface area contributed by atoms with E-state index in [1.54, 1.807) is 0 Å². The van der Waals surface area contributed by atoms with Gasteiger partial charge < -0.3 is 0 Å². The molecule has 2 saturated carbocycles. The Bertz CT molecular complexity index is 133. The fraction of sp³-hybridized carbons (Fsp3) is 1.00. The average Bonchev–Trinajstić information content (AvgIpc) is 2.44. The van der Waals surface area contributed by atoms with Crippen LogP contribution in [0.25, 0.3) is 0 Å². The van der Waals surface area contributed by atoms with Crippen molar-refractivity contribution in [2.45, 2.75) is 46.0 Å². The maximum absolute atomic E-state index is 2.49. The van der Waals surface area contributed by atoms with Crippen molar-refractivity contribution in [3.8, 4) is 0 Å². The first-order chi connectivity index (χ1) is 4.72. The van der Waals surface area contributed by atoms with E-state index < -0.39 is 0 Å². The molecule has 2 rings (SSSR count). The van der Waals surface area contributed by atoms with Crippen LogP contribution in [0.3, 0.4) is 0 Å². The minimum atomic E-state index is 0.802. The zero-order chi connectivity index (χ0) is 7.19. The summed E-state index contributed by atoms with van der Waals surface area (Å²) >= 11 is 0. The second-order valence-electron chi connectivity index (χ2n) is 4.67. The summed E-state index contributed by atoms with van der Waals surface area (Å²) in [4.78, 5) is 0. The van der Waals surface area contributed by atoms with Gasteiger partial charge in [-0.25, -0.2) is 0 Å². The molecule has 58 valence electrons. The summed E-state index contributed by atoms with van der Waals surface area (Å²) in [5, 5.41) is 0. The fourth-order valence-corrected chi connectivity index (χ4v) is 2.75. The van der Waals surface area contributed by atoms with Crippen LogP contribution in [0.1, 0.15) is 46.0 Å². The Labute approximate surface area is 64.0 Å². The molecule has 10 heavy (non-hydrogen) atoms. The summed E-state index contributed by atoms with van der Waals surface area (Å²) in [6.07, 6.45) is 7.56. The van der Waals surface area contributed by atoms with Crippen molar-refractivity contribution in [3.05, 3.63) is 0 Å². The lowest BCUT2D eigenvalue weighted by Crippen LogP contribution is -2.14. The third-order valence-corrected chi connectivity index (χ3v) is 3.80. The Morgan fingerprint density at radius 2 is 1.90 bits per heavy atom. The molecule has 0 saturated heterocycles. The molecule has 0 aliphatic heterocycles. The highest BCUT2D eigenvalue weighted by Crippen LogP contribution is 2.58. The fourth-order valence-electron chi connectivity index (χ4n) is 2.75. The van der Waals surface area contributed by atoms with Crippen molar-refractivity contribution in [3.63, 3.8) is 0 Å². The maximum atomic E-state index is 2.49. The van der Waals surface area contributed by atoms with Gasteiger partial charge in [-0.05, 0) is 36.5 Å². The maximum Gasteiger partial charge on any atom is -0.0295 e. The van der Waals surface area contributed by atoms with Crippen LogP contribution in [0.15, 0.2) is 0 Å². The van der Waals surface area contributed by atoms with Crippen molar-refractivity contribution in [2.75, 3.05) is 0 Å². The number of rotatable bonds is 1. The first kappa shape index (κ1) is 6.69. The van der Waals surface area contributed by atoms with Crippen molar-refractivity contribution in [1.29, 1.82) is 0 Å². The Morgan fingerprint density at radius 1 is 1.20 bits per heavy atom. The summed E-state index contributed by atoms with van der Waals surface area (Å²) in [6.45, 7) is 4.93. The third kappa shape index (κ3) is 0.889. The molecular weight excluding hydrogens is 120 g/mol. The number of hydrogen-bond donors (Lipinski definition) is 0. The van der Waals surface area contributed by atoms with Gasteiger partial charge in [-0.2, -0.15) is 0 Å². The van der Waals surface area contributed by atoms with Crippen LogP contribution < -0.4 is 0 Å². The molecule has 2 unspecified atom stereocenters. The van der Waals surface area contributed by atoms with Crippen LogP contribution in [0.2, 0.25) is 0 Å². The van der Waals surface area contributed by atoms with Gasteiger partial charge in [0.05, 0.1) is 0 Å². The molecule has 0 heteroatoms. The smallest absolute Gasteiger partial charge is 0.0295 e. The molecule has 0 spiro atoms. The summed E-state index contributed by atoms with van der Waals surface area (Å²) in [5.74, 6) is 2.12. The van der Waals surface area contributed by atoms with E-state index in [4.69, 9.17) is 0 Å². The van der Waals surface area contributed by atoms with Gasteiger partial charge in [-0.3, -0.25) is 0 Å². The second kappa shape index (κ2) is 1.99. The predicted molar refractivity (Wildman–Crippen MR) is 43.8 cm³/mol. The quantitative estimate of drug-likeness (QED) is 0.522. The van der Waals surface area contributed by atoms with Gasteiger partial charge in [0.1, 0.15) is 0 Å². The third-order valence-electron chi connectivity index (χ3n) is 3.80. The molecule has 0 heterocycles. The summed E-state index contributed by atoms with van der Waals surface area (Å²) < 4.78 is 0. The van der Waals surface area contributed by atoms with Gasteiger partial charge in [0.2, 0.25) is 0 Å². The summed E-state index contributed by atoms with van der Waals surface area (Å²) in [5.41, 5.74) is 0.802. The Kier molecular flexibility index (Phi) is 1.33. The van der Waals surface area contributed by atoms with Gasteiger partial charge >= 0.3 is 0 Å².